The van der Waals surface area contributed by atoms with Crippen LogP contribution in [0.15, 0.2) is 103 Å². The lowest BCUT2D eigenvalue weighted by atomic mass is 9.85. The summed E-state index contributed by atoms with van der Waals surface area (Å²) in [6.07, 6.45) is 4.51. The van der Waals surface area contributed by atoms with Crippen LogP contribution in [0.4, 0.5) is 0 Å². The summed E-state index contributed by atoms with van der Waals surface area (Å²) >= 11 is 0. The molecule has 5 aromatic rings. The molecule has 1 heterocycles. The Morgan fingerprint density at radius 3 is 1.54 bits per heavy atom. The van der Waals surface area contributed by atoms with Crippen LogP contribution in [0.25, 0.3) is 38.6 Å². The molecule has 4 aromatic carbocycles. The van der Waals surface area contributed by atoms with Crippen molar-refractivity contribution in [2.45, 2.75) is 65.2 Å². The zero-order valence-electron chi connectivity index (χ0n) is 24.2. The number of hydrogen-bond donors (Lipinski definition) is 0. The third kappa shape index (κ3) is 4.55. The van der Waals surface area contributed by atoms with Crippen LogP contribution in [0.3, 0.4) is 0 Å². The molecular weight excluding hydrogens is 470 g/mol. The number of rotatable bonds is 3. The Hall–Kier alpha value is -3.84. The van der Waals surface area contributed by atoms with Gasteiger partial charge in [-0.15, -0.1) is 0 Å². The third-order valence-corrected chi connectivity index (χ3v) is 8.21. The Bertz CT molecular complexity index is 1660. The van der Waals surface area contributed by atoms with Gasteiger partial charge in [-0.25, -0.2) is 0 Å². The van der Waals surface area contributed by atoms with E-state index in [9.17, 15) is 0 Å². The monoisotopic (exact) mass is 509 g/mol. The van der Waals surface area contributed by atoms with E-state index in [1.807, 2.05) is 0 Å². The average Bonchev–Trinajstić information content (AvgIpc) is 3.25. The second-order valence-electron chi connectivity index (χ2n) is 13.0. The molecule has 0 N–H and O–H groups in total. The standard InChI is InChI=1S/C38H39N/c1-37(2,3)28-20-22-34-32(24-28)33-25-29(38(4,5)6)21-23-35(33)39(34)36-30(26-14-9-7-10-15-26)18-13-19-31(36)27-16-11-8-12-17-27/h7-12,14-18,20-25H,13,19H2,1-6H3. The molecule has 1 heteroatoms. The number of allylic oxidation sites excluding steroid dienone is 4. The van der Waals surface area contributed by atoms with Crippen molar-refractivity contribution in [3.05, 3.63) is 125 Å². The van der Waals surface area contributed by atoms with Gasteiger partial charge in [-0.1, -0.05) is 120 Å². The van der Waals surface area contributed by atoms with Crippen molar-refractivity contribution in [1.29, 1.82) is 0 Å². The highest BCUT2D eigenvalue weighted by Gasteiger charge is 2.26. The molecule has 0 bridgehead atoms. The van der Waals surface area contributed by atoms with Gasteiger partial charge < -0.3 is 4.57 Å². The van der Waals surface area contributed by atoms with E-state index >= 15 is 0 Å². The van der Waals surface area contributed by atoms with Crippen molar-refractivity contribution in [3.63, 3.8) is 0 Å². The van der Waals surface area contributed by atoms with Crippen molar-refractivity contribution < 1.29 is 0 Å². The van der Waals surface area contributed by atoms with Gasteiger partial charge in [0.2, 0.25) is 0 Å². The van der Waals surface area contributed by atoms with E-state index in [2.05, 4.69) is 149 Å². The minimum atomic E-state index is 0.0820. The fourth-order valence-corrected chi connectivity index (χ4v) is 5.98. The lowest BCUT2D eigenvalue weighted by Gasteiger charge is -2.26. The third-order valence-electron chi connectivity index (χ3n) is 8.21. The van der Waals surface area contributed by atoms with E-state index in [1.165, 1.54) is 60.9 Å². The molecule has 0 fully saturated rings. The molecule has 0 atom stereocenters. The largest absolute Gasteiger partial charge is 0.308 e. The van der Waals surface area contributed by atoms with E-state index < -0.39 is 0 Å². The molecule has 0 radical (unpaired) electrons. The summed E-state index contributed by atoms with van der Waals surface area (Å²) in [4.78, 5) is 0. The molecule has 196 valence electrons. The molecule has 0 aliphatic heterocycles. The molecule has 1 nitrogen and oxygen atoms in total. The van der Waals surface area contributed by atoms with Gasteiger partial charge in [0, 0.05) is 16.3 Å². The van der Waals surface area contributed by atoms with Crippen molar-refractivity contribution in [2.75, 3.05) is 0 Å². The maximum atomic E-state index is 2.56. The molecule has 1 aromatic heterocycles. The molecule has 1 aliphatic rings. The highest BCUT2D eigenvalue weighted by molar-refractivity contribution is 6.18. The normalized spacial score (nSPS) is 14.8. The summed E-state index contributed by atoms with van der Waals surface area (Å²) in [6.45, 7) is 13.8. The van der Waals surface area contributed by atoms with Gasteiger partial charge >= 0.3 is 0 Å². The van der Waals surface area contributed by atoms with Gasteiger partial charge in [0.05, 0.1) is 16.7 Å². The maximum absolute atomic E-state index is 2.56. The van der Waals surface area contributed by atoms with Gasteiger partial charge in [0.15, 0.2) is 0 Å². The van der Waals surface area contributed by atoms with Gasteiger partial charge in [-0.2, -0.15) is 0 Å². The number of aromatic nitrogens is 1. The maximum Gasteiger partial charge on any atom is 0.0575 e. The molecule has 0 saturated heterocycles. The highest BCUT2D eigenvalue weighted by Crippen LogP contribution is 2.45. The van der Waals surface area contributed by atoms with Gasteiger partial charge in [-0.05, 0) is 75.8 Å². The second kappa shape index (κ2) is 9.42. The smallest absolute Gasteiger partial charge is 0.0575 e. The molecule has 1 aliphatic carbocycles. The zero-order valence-corrected chi connectivity index (χ0v) is 24.2. The summed E-state index contributed by atoms with van der Waals surface area (Å²) in [5, 5.41) is 2.67. The quantitative estimate of drug-likeness (QED) is 0.228. The molecule has 0 saturated carbocycles. The number of benzene rings is 4. The van der Waals surface area contributed by atoms with E-state index in [4.69, 9.17) is 0 Å². The summed E-state index contributed by atoms with van der Waals surface area (Å²) < 4.78 is 2.56. The van der Waals surface area contributed by atoms with Crippen LogP contribution in [0.2, 0.25) is 0 Å². The number of fused-ring (bicyclic) bond motifs is 3. The van der Waals surface area contributed by atoms with Crippen LogP contribution < -0.4 is 0 Å². The van der Waals surface area contributed by atoms with Gasteiger partial charge in [-0.3, -0.25) is 0 Å². The predicted octanol–water partition coefficient (Wildman–Crippen LogP) is 10.6. The lowest BCUT2D eigenvalue weighted by molar-refractivity contribution is 0.590. The van der Waals surface area contributed by atoms with Crippen LogP contribution in [0.1, 0.15) is 76.6 Å². The van der Waals surface area contributed by atoms with Crippen LogP contribution >= 0.6 is 0 Å². The van der Waals surface area contributed by atoms with Crippen LogP contribution in [-0.2, 0) is 10.8 Å². The minimum absolute atomic E-state index is 0.0820. The first-order valence-corrected chi connectivity index (χ1v) is 14.3. The minimum Gasteiger partial charge on any atom is -0.308 e. The first kappa shape index (κ1) is 25.4. The second-order valence-corrected chi connectivity index (χ2v) is 13.0. The lowest BCUT2D eigenvalue weighted by Crippen LogP contribution is -2.11. The topological polar surface area (TPSA) is 4.93 Å². The predicted molar refractivity (Wildman–Crippen MR) is 170 cm³/mol. The van der Waals surface area contributed by atoms with Crippen LogP contribution in [0, 0.1) is 0 Å². The van der Waals surface area contributed by atoms with Crippen molar-refractivity contribution in [3.8, 4) is 0 Å². The fraction of sp³-hybridized carbons (Fsp3) is 0.263. The van der Waals surface area contributed by atoms with E-state index in [-0.39, 0.29) is 10.8 Å². The Labute approximate surface area is 233 Å². The van der Waals surface area contributed by atoms with Crippen molar-refractivity contribution in [1.82, 2.24) is 4.57 Å². The van der Waals surface area contributed by atoms with E-state index in [0.29, 0.717) is 0 Å². The van der Waals surface area contributed by atoms with Gasteiger partial charge in [0.1, 0.15) is 0 Å². The Kier molecular flexibility index (Phi) is 6.14. The number of nitrogens with zero attached hydrogens (tertiary/aromatic N) is 1. The highest BCUT2D eigenvalue weighted by atomic mass is 15.0. The number of hydrogen-bond acceptors (Lipinski definition) is 0. The van der Waals surface area contributed by atoms with Crippen LogP contribution in [-0.4, -0.2) is 4.57 Å². The Balaban J connectivity index is 1.75. The van der Waals surface area contributed by atoms with E-state index in [0.717, 1.165) is 12.8 Å². The van der Waals surface area contributed by atoms with E-state index in [1.54, 1.807) is 0 Å². The fourth-order valence-electron chi connectivity index (χ4n) is 5.98. The SMILES string of the molecule is CC(C)(C)c1ccc2c(c1)c1cc(C(C)(C)C)ccc1n2C1=C(c2ccccc2)CCC=C1c1ccccc1. The summed E-state index contributed by atoms with van der Waals surface area (Å²) in [7, 11) is 0. The van der Waals surface area contributed by atoms with Crippen LogP contribution in [0.5, 0.6) is 0 Å². The summed E-state index contributed by atoms with van der Waals surface area (Å²) in [5.41, 5.74) is 12.1. The average molecular weight is 510 g/mol. The molecule has 6 rings (SSSR count). The molecule has 0 amide bonds. The zero-order chi connectivity index (χ0) is 27.4. The van der Waals surface area contributed by atoms with Gasteiger partial charge in [0.25, 0.3) is 0 Å². The first-order chi connectivity index (χ1) is 18.6. The molecule has 39 heavy (non-hydrogen) atoms. The first-order valence-electron chi connectivity index (χ1n) is 14.3. The summed E-state index contributed by atoms with van der Waals surface area (Å²) in [5.74, 6) is 0. The van der Waals surface area contributed by atoms with Crippen molar-refractivity contribution in [2.24, 2.45) is 0 Å². The molecule has 0 unspecified atom stereocenters. The Morgan fingerprint density at radius 1 is 0.564 bits per heavy atom. The Morgan fingerprint density at radius 2 is 1.05 bits per heavy atom. The molecular formula is C38H39N. The summed E-state index contributed by atoms with van der Waals surface area (Å²) in [6, 6.07) is 36.2. The molecule has 0 spiro atoms. The van der Waals surface area contributed by atoms with Crippen molar-refractivity contribution >= 4 is 38.6 Å².